The van der Waals surface area contributed by atoms with Gasteiger partial charge >= 0.3 is 12.2 Å². The van der Waals surface area contributed by atoms with Gasteiger partial charge < -0.3 is 34.9 Å². The maximum atomic E-state index is 12.6. The first kappa shape index (κ1) is 31.1. The molecule has 0 saturated heterocycles. The lowest BCUT2D eigenvalue weighted by Crippen LogP contribution is -2.36. The van der Waals surface area contributed by atoms with E-state index in [-0.39, 0.29) is 13.3 Å². The Balaban J connectivity index is 2.41. The number of nitrogens with zero attached hydrogens (tertiary/aromatic N) is 2. The van der Waals surface area contributed by atoms with Gasteiger partial charge in [-0.15, -0.1) is 0 Å². The van der Waals surface area contributed by atoms with Gasteiger partial charge in [-0.3, -0.25) is 5.32 Å². The van der Waals surface area contributed by atoms with Crippen LogP contribution in [0.4, 0.5) is 21.0 Å². The summed E-state index contributed by atoms with van der Waals surface area (Å²) in [6, 6.07) is 5.56. The average molecular weight is 550 g/mol. The molecule has 0 bridgehead atoms. The number of methoxy groups -OCH3 is 1. The lowest BCUT2D eigenvalue weighted by molar-refractivity contribution is 0.0485. The summed E-state index contributed by atoms with van der Waals surface area (Å²) >= 11 is 0. The first-order valence-electron chi connectivity index (χ1n) is 12.7. The molecule has 12 heteroatoms. The largest absolute Gasteiger partial charge is 0.453 e. The number of hydrogen-bond donors (Lipinski definition) is 4. The lowest BCUT2D eigenvalue weighted by atomic mass is 10.1. The van der Waals surface area contributed by atoms with Gasteiger partial charge in [-0.2, -0.15) is 0 Å². The van der Waals surface area contributed by atoms with Crippen LogP contribution in [0.2, 0.25) is 25.7 Å². The molecular weight excluding hydrogens is 506 g/mol. The average Bonchev–Trinajstić information content (AvgIpc) is 3.21. The highest BCUT2D eigenvalue weighted by Gasteiger charge is 2.25. The molecule has 5 N–H and O–H groups in total. The summed E-state index contributed by atoms with van der Waals surface area (Å²) < 4.78 is 18.0. The van der Waals surface area contributed by atoms with E-state index in [1.54, 1.807) is 39.0 Å². The number of aromatic nitrogens is 2. The van der Waals surface area contributed by atoms with Crippen molar-refractivity contribution in [3.05, 3.63) is 30.2 Å². The van der Waals surface area contributed by atoms with Crippen LogP contribution in [-0.4, -0.2) is 60.8 Å². The zero-order valence-electron chi connectivity index (χ0n) is 23.6. The molecule has 0 aliphatic heterocycles. The fourth-order valence-corrected chi connectivity index (χ4v) is 4.29. The molecule has 11 nitrogen and oxygen atoms in total. The number of nitrogens with two attached hydrogens (primary N) is 1. The highest BCUT2D eigenvalue weighted by molar-refractivity contribution is 6.76. The van der Waals surface area contributed by atoms with Crippen LogP contribution in [0.5, 0.6) is 0 Å². The van der Waals surface area contributed by atoms with Crippen LogP contribution in [0.25, 0.3) is 11.3 Å². The number of imidazole rings is 1. The Hall–Kier alpha value is -3.09. The van der Waals surface area contributed by atoms with E-state index < -0.39 is 31.9 Å². The number of carbonyl (C=O) groups excluding carboxylic acids is 2. The lowest BCUT2D eigenvalue weighted by Gasteiger charge is -2.24. The van der Waals surface area contributed by atoms with Gasteiger partial charge in [0.1, 0.15) is 18.2 Å². The van der Waals surface area contributed by atoms with Gasteiger partial charge in [-0.05, 0) is 57.9 Å². The highest BCUT2D eigenvalue weighted by atomic mass is 28.3. The van der Waals surface area contributed by atoms with Crippen molar-refractivity contribution in [2.75, 3.05) is 31.4 Å². The Labute approximate surface area is 226 Å². The molecule has 1 aromatic carbocycles. The SMILES string of the molecule is COC(=O)Nc1ccc(-c2cn(COCC[Si](C)(C)C)c(C(CCCO)NC(=O)OC(C)(C)C)n2)c(N)c1. The van der Waals surface area contributed by atoms with Crippen LogP contribution in [0.15, 0.2) is 24.4 Å². The molecule has 2 rings (SSSR count). The van der Waals surface area contributed by atoms with Crippen LogP contribution < -0.4 is 16.4 Å². The van der Waals surface area contributed by atoms with Crippen LogP contribution in [0.1, 0.15) is 45.5 Å². The molecule has 2 amide bonds. The van der Waals surface area contributed by atoms with Gasteiger partial charge in [0.2, 0.25) is 0 Å². The van der Waals surface area contributed by atoms with E-state index in [0.29, 0.717) is 47.9 Å². The summed E-state index contributed by atoms with van der Waals surface area (Å²) in [7, 11) is 0.00859. The van der Waals surface area contributed by atoms with Gasteiger partial charge in [0.05, 0.1) is 18.8 Å². The van der Waals surface area contributed by atoms with Crippen molar-refractivity contribution in [1.29, 1.82) is 0 Å². The van der Waals surface area contributed by atoms with Crippen molar-refractivity contribution < 1.29 is 28.9 Å². The number of benzene rings is 1. The molecule has 2 aromatic rings. The van der Waals surface area contributed by atoms with Gasteiger partial charge in [-0.25, -0.2) is 14.6 Å². The second-order valence-electron chi connectivity index (χ2n) is 11.3. The monoisotopic (exact) mass is 549 g/mol. The molecule has 0 aliphatic carbocycles. The molecular formula is C26H43N5O6Si. The summed E-state index contributed by atoms with van der Waals surface area (Å²) in [6.45, 7) is 13.1. The number of nitrogen functional groups attached to an aromatic ring is 1. The van der Waals surface area contributed by atoms with Gasteiger partial charge in [0.25, 0.3) is 0 Å². The third-order valence-corrected chi connectivity index (χ3v) is 7.15. The van der Waals surface area contributed by atoms with E-state index in [9.17, 15) is 14.7 Å². The molecule has 0 radical (unpaired) electrons. The van der Waals surface area contributed by atoms with Crippen molar-refractivity contribution in [2.24, 2.45) is 0 Å². The number of aliphatic hydroxyl groups is 1. The van der Waals surface area contributed by atoms with Gasteiger partial charge in [0, 0.05) is 44.4 Å². The molecule has 212 valence electrons. The minimum Gasteiger partial charge on any atom is -0.453 e. The molecule has 1 unspecified atom stereocenters. The third-order valence-electron chi connectivity index (χ3n) is 5.45. The Morgan fingerprint density at radius 1 is 1.21 bits per heavy atom. The second-order valence-corrected chi connectivity index (χ2v) is 16.9. The van der Waals surface area contributed by atoms with E-state index >= 15 is 0 Å². The number of anilines is 2. The van der Waals surface area contributed by atoms with E-state index in [4.69, 9.17) is 20.2 Å². The minimum atomic E-state index is -1.27. The zero-order valence-corrected chi connectivity index (χ0v) is 24.6. The van der Waals surface area contributed by atoms with E-state index in [0.717, 1.165) is 6.04 Å². The standard InChI is InChI=1S/C26H43N5O6Si/c1-26(2,3)37-25(34)30-21(9-8-12-32)23-29-22(16-31(23)17-36-13-14-38(5,6)7)19-11-10-18(15-20(19)27)28-24(33)35-4/h10-11,15-16,21,32H,8-9,12-14,17,27H2,1-7H3,(H,28,33)(H,30,34). The summed E-state index contributed by atoms with van der Waals surface area (Å²) in [5.41, 5.74) is 7.77. The smallest absolute Gasteiger partial charge is 0.411 e. The Bertz CT molecular complexity index is 1080. The fourth-order valence-electron chi connectivity index (χ4n) is 3.54. The topological polar surface area (TPSA) is 150 Å². The molecule has 0 fully saturated rings. The fraction of sp³-hybridized carbons (Fsp3) is 0.577. The summed E-state index contributed by atoms with van der Waals surface area (Å²) in [5.74, 6) is 0.559. The van der Waals surface area contributed by atoms with Crippen LogP contribution in [-0.2, 0) is 20.9 Å². The number of aliphatic hydroxyl groups excluding tert-OH is 1. The summed E-state index contributed by atoms with van der Waals surface area (Å²) in [6.07, 6.45) is 1.55. The number of ether oxygens (including phenoxy) is 3. The molecule has 0 aliphatic rings. The van der Waals surface area contributed by atoms with Crippen LogP contribution in [0, 0.1) is 0 Å². The van der Waals surface area contributed by atoms with Crippen molar-refractivity contribution in [2.45, 2.75) is 77.7 Å². The zero-order chi connectivity index (χ0) is 28.5. The molecule has 38 heavy (non-hydrogen) atoms. The number of rotatable bonds is 12. The van der Waals surface area contributed by atoms with Crippen LogP contribution in [0.3, 0.4) is 0 Å². The van der Waals surface area contributed by atoms with Gasteiger partial charge in [-0.1, -0.05) is 19.6 Å². The van der Waals surface area contributed by atoms with E-state index in [1.807, 2.05) is 10.8 Å². The predicted molar refractivity (Wildman–Crippen MR) is 151 cm³/mol. The summed E-state index contributed by atoms with van der Waals surface area (Å²) in [4.78, 5) is 29.0. The first-order chi connectivity index (χ1) is 17.7. The van der Waals surface area contributed by atoms with Crippen molar-refractivity contribution >= 4 is 31.6 Å². The Kier molecular flexibility index (Phi) is 11.2. The van der Waals surface area contributed by atoms with Crippen molar-refractivity contribution in [1.82, 2.24) is 14.9 Å². The molecule has 0 spiro atoms. The highest BCUT2D eigenvalue weighted by Crippen LogP contribution is 2.30. The maximum Gasteiger partial charge on any atom is 0.411 e. The van der Waals surface area contributed by atoms with E-state index in [2.05, 4.69) is 35.0 Å². The normalized spacial score (nSPS) is 12.6. The minimum absolute atomic E-state index is 0.0334. The molecule has 0 saturated carbocycles. The number of nitrogens with one attached hydrogen (secondary N) is 2. The van der Waals surface area contributed by atoms with Crippen molar-refractivity contribution in [3.8, 4) is 11.3 Å². The molecule has 1 aromatic heterocycles. The van der Waals surface area contributed by atoms with E-state index in [1.165, 1.54) is 7.11 Å². The number of hydrogen-bond acceptors (Lipinski definition) is 8. The first-order valence-corrected chi connectivity index (χ1v) is 16.4. The maximum absolute atomic E-state index is 12.6. The Morgan fingerprint density at radius 2 is 1.92 bits per heavy atom. The third kappa shape index (κ3) is 10.3. The molecule has 1 atom stereocenters. The van der Waals surface area contributed by atoms with Gasteiger partial charge in [0.15, 0.2) is 0 Å². The predicted octanol–water partition coefficient (Wildman–Crippen LogP) is 4.96. The number of carbonyl (C=O) groups is 2. The molecule has 1 heterocycles. The summed E-state index contributed by atoms with van der Waals surface area (Å²) in [5, 5.41) is 15.0. The Morgan fingerprint density at radius 3 is 2.50 bits per heavy atom. The number of amides is 2. The van der Waals surface area contributed by atoms with Crippen LogP contribution >= 0.6 is 0 Å². The quantitative estimate of drug-likeness (QED) is 0.165. The van der Waals surface area contributed by atoms with Crippen molar-refractivity contribution in [3.63, 3.8) is 0 Å². The second kappa shape index (κ2) is 13.6. The number of alkyl carbamates (subject to hydrolysis) is 1.